The molecule has 9 heteroatoms. The van der Waals surface area contributed by atoms with Gasteiger partial charge >= 0.3 is 0 Å². The fourth-order valence-corrected chi connectivity index (χ4v) is 4.41. The molecule has 0 saturated heterocycles. The molecule has 0 aromatic heterocycles. The van der Waals surface area contributed by atoms with E-state index in [1.807, 2.05) is 0 Å². The van der Waals surface area contributed by atoms with Crippen LogP contribution in [-0.4, -0.2) is 31.6 Å². The largest absolute Gasteiger partial charge is 0.489 e. The quantitative estimate of drug-likeness (QED) is 0.595. The van der Waals surface area contributed by atoms with E-state index in [4.69, 9.17) is 21.5 Å². The van der Waals surface area contributed by atoms with Crippen LogP contribution in [0.3, 0.4) is 0 Å². The third-order valence-electron chi connectivity index (χ3n) is 5.12. The van der Waals surface area contributed by atoms with Crippen LogP contribution in [0.4, 0.5) is 5.69 Å². The normalized spacial score (nSPS) is 16.1. The summed E-state index contributed by atoms with van der Waals surface area (Å²) in [5.74, 6) is -0.311. The number of benzene rings is 2. The molecule has 0 heterocycles. The number of rotatable bonds is 7. The lowest BCUT2D eigenvalue weighted by Crippen LogP contribution is -2.38. The molecule has 0 bridgehead atoms. The molecule has 2 aromatic carbocycles. The number of aliphatic hydroxyl groups is 1. The lowest BCUT2D eigenvalue weighted by molar-refractivity contribution is -0.115. The van der Waals surface area contributed by atoms with Crippen molar-refractivity contribution in [3.63, 3.8) is 0 Å². The van der Waals surface area contributed by atoms with Crippen LogP contribution in [0.1, 0.15) is 37.7 Å². The summed E-state index contributed by atoms with van der Waals surface area (Å²) in [5.41, 5.74) is -0.0563. The van der Waals surface area contributed by atoms with E-state index in [-0.39, 0.29) is 35.3 Å². The molecule has 1 aliphatic carbocycles. The Hall–Kier alpha value is -2.13. The van der Waals surface area contributed by atoms with Gasteiger partial charge in [-0.15, -0.1) is 0 Å². The van der Waals surface area contributed by atoms with Crippen molar-refractivity contribution in [1.29, 1.82) is 0 Å². The molecule has 1 fully saturated rings. The summed E-state index contributed by atoms with van der Waals surface area (Å²) in [4.78, 5) is 12.1. The van der Waals surface area contributed by atoms with Crippen LogP contribution in [0.15, 0.2) is 47.4 Å². The van der Waals surface area contributed by atoms with Gasteiger partial charge in [-0.3, -0.25) is 4.79 Å². The van der Waals surface area contributed by atoms with Crippen LogP contribution >= 0.6 is 11.6 Å². The second-order valence-corrected chi connectivity index (χ2v) is 9.53. The molecule has 0 radical (unpaired) electrons. The first-order valence-corrected chi connectivity index (χ1v) is 11.6. The van der Waals surface area contributed by atoms with Gasteiger partial charge in [-0.25, -0.2) is 13.6 Å². The highest BCUT2D eigenvalue weighted by atomic mass is 35.5. The smallest absolute Gasteiger partial charge is 0.241 e. The Kier molecular flexibility index (Phi) is 7.02. The summed E-state index contributed by atoms with van der Waals surface area (Å²) in [6.07, 6.45) is 4.11. The number of anilines is 1. The van der Waals surface area contributed by atoms with Gasteiger partial charge in [0.05, 0.1) is 12.0 Å². The average molecular weight is 453 g/mol. The molecule has 30 heavy (non-hydrogen) atoms. The molecule has 2 aromatic rings. The van der Waals surface area contributed by atoms with Crippen LogP contribution in [0.2, 0.25) is 5.02 Å². The number of amides is 1. The molecule has 1 aliphatic rings. The van der Waals surface area contributed by atoms with E-state index in [9.17, 15) is 18.3 Å². The number of primary sulfonamides is 1. The van der Waals surface area contributed by atoms with E-state index in [0.717, 1.165) is 19.3 Å². The second-order valence-electron chi connectivity index (χ2n) is 7.60. The number of nitrogens with one attached hydrogen (secondary N) is 1. The van der Waals surface area contributed by atoms with Crippen molar-refractivity contribution >= 4 is 33.2 Å². The van der Waals surface area contributed by atoms with Crippen LogP contribution in [0.25, 0.3) is 0 Å². The third kappa shape index (κ3) is 5.95. The highest BCUT2D eigenvalue weighted by Gasteiger charge is 2.30. The number of hydrogen-bond donors (Lipinski definition) is 3. The third-order valence-corrected chi connectivity index (χ3v) is 6.42. The van der Waals surface area contributed by atoms with Crippen molar-refractivity contribution < 1.29 is 23.1 Å². The van der Waals surface area contributed by atoms with Gasteiger partial charge in [-0.05, 0) is 42.7 Å². The Balaban J connectivity index is 1.74. The van der Waals surface area contributed by atoms with Gasteiger partial charge in [0.2, 0.25) is 15.9 Å². The fourth-order valence-electron chi connectivity index (χ4n) is 3.51. The standard InChI is InChI=1S/C21H25ClN2O5S/c22-17-7-3-2-6-15(17)12-20(25)24-16-8-9-18(19(13-16)30(23,27)28)29-14-21(26)10-4-1-5-11-21/h2-3,6-9,13,26H,1,4-5,10-12,14H2,(H,24,25)(H2,23,27,28). The summed E-state index contributed by atoms with van der Waals surface area (Å²) in [5, 5.41) is 19.1. The van der Waals surface area contributed by atoms with E-state index < -0.39 is 15.6 Å². The predicted molar refractivity (Wildman–Crippen MR) is 115 cm³/mol. The first kappa shape index (κ1) is 22.6. The highest BCUT2D eigenvalue weighted by molar-refractivity contribution is 7.89. The number of hydrogen-bond acceptors (Lipinski definition) is 5. The van der Waals surface area contributed by atoms with Gasteiger partial charge < -0.3 is 15.2 Å². The Labute approximate surface area is 181 Å². The van der Waals surface area contributed by atoms with Crippen molar-refractivity contribution in [2.75, 3.05) is 11.9 Å². The predicted octanol–water partition coefficient (Wildman–Crippen LogP) is 3.24. The monoisotopic (exact) mass is 452 g/mol. The van der Waals surface area contributed by atoms with Gasteiger partial charge in [0.25, 0.3) is 0 Å². The van der Waals surface area contributed by atoms with E-state index in [1.165, 1.54) is 18.2 Å². The van der Waals surface area contributed by atoms with Crippen molar-refractivity contribution in [1.82, 2.24) is 0 Å². The molecule has 7 nitrogen and oxygen atoms in total. The summed E-state index contributed by atoms with van der Waals surface area (Å²) >= 11 is 6.07. The van der Waals surface area contributed by atoms with Gasteiger partial charge in [-0.1, -0.05) is 49.1 Å². The maximum atomic E-state index is 12.3. The van der Waals surface area contributed by atoms with Crippen molar-refractivity contribution in [2.24, 2.45) is 5.14 Å². The van der Waals surface area contributed by atoms with Crippen molar-refractivity contribution in [3.8, 4) is 5.75 Å². The van der Waals surface area contributed by atoms with E-state index in [2.05, 4.69) is 5.32 Å². The summed E-state index contributed by atoms with van der Waals surface area (Å²) in [6, 6.07) is 11.2. The lowest BCUT2D eigenvalue weighted by atomic mass is 9.85. The number of sulfonamides is 1. The Bertz CT molecular complexity index is 1020. The minimum absolute atomic E-state index is 0.0201. The van der Waals surface area contributed by atoms with Crippen LogP contribution < -0.4 is 15.2 Å². The summed E-state index contributed by atoms with van der Waals surface area (Å²) < 4.78 is 29.8. The maximum Gasteiger partial charge on any atom is 0.241 e. The Morgan fingerprint density at radius 2 is 1.87 bits per heavy atom. The molecule has 0 aliphatic heterocycles. The van der Waals surface area contributed by atoms with E-state index in [0.29, 0.717) is 23.4 Å². The van der Waals surface area contributed by atoms with Gasteiger partial charge in [0.1, 0.15) is 17.3 Å². The number of carbonyl (C=O) groups is 1. The SMILES string of the molecule is NS(=O)(=O)c1cc(NC(=O)Cc2ccccc2Cl)ccc1OCC1(O)CCCCC1. The van der Waals surface area contributed by atoms with Gasteiger partial charge in [-0.2, -0.15) is 0 Å². The molecule has 1 saturated carbocycles. The van der Waals surface area contributed by atoms with Crippen LogP contribution in [0, 0.1) is 0 Å². The van der Waals surface area contributed by atoms with E-state index >= 15 is 0 Å². The van der Waals surface area contributed by atoms with Crippen LogP contribution in [-0.2, 0) is 21.2 Å². The summed E-state index contributed by atoms with van der Waals surface area (Å²) in [7, 11) is -4.11. The average Bonchev–Trinajstić information content (AvgIpc) is 2.68. The molecule has 1 amide bonds. The molecular formula is C21H25ClN2O5S. The van der Waals surface area contributed by atoms with Gasteiger partial charge in [0.15, 0.2) is 0 Å². The van der Waals surface area contributed by atoms with Gasteiger partial charge in [0, 0.05) is 10.7 Å². The first-order chi connectivity index (χ1) is 14.2. The zero-order valence-corrected chi connectivity index (χ0v) is 18.0. The second kappa shape index (κ2) is 9.34. The molecule has 0 atom stereocenters. The van der Waals surface area contributed by atoms with E-state index in [1.54, 1.807) is 24.3 Å². The Morgan fingerprint density at radius 1 is 1.17 bits per heavy atom. The molecule has 162 valence electrons. The summed E-state index contributed by atoms with van der Waals surface area (Å²) in [6.45, 7) is -0.0201. The Morgan fingerprint density at radius 3 is 2.53 bits per heavy atom. The van der Waals surface area contributed by atoms with Crippen LogP contribution in [0.5, 0.6) is 5.75 Å². The zero-order chi connectivity index (χ0) is 21.8. The number of carbonyl (C=O) groups excluding carboxylic acids is 1. The zero-order valence-electron chi connectivity index (χ0n) is 16.4. The number of nitrogens with two attached hydrogens (primary N) is 1. The number of ether oxygens (including phenoxy) is 1. The molecular weight excluding hydrogens is 428 g/mol. The number of halogens is 1. The minimum atomic E-state index is -4.11. The van der Waals surface area contributed by atoms with Crippen molar-refractivity contribution in [3.05, 3.63) is 53.1 Å². The molecule has 3 rings (SSSR count). The molecule has 0 unspecified atom stereocenters. The van der Waals surface area contributed by atoms with Crippen molar-refractivity contribution in [2.45, 2.75) is 49.0 Å². The highest BCUT2D eigenvalue weighted by Crippen LogP contribution is 2.31. The molecule has 4 N–H and O–H groups in total. The maximum absolute atomic E-state index is 12.3. The fraction of sp³-hybridized carbons (Fsp3) is 0.381. The lowest BCUT2D eigenvalue weighted by Gasteiger charge is -2.31. The molecule has 0 spiro atoms. The minimum Gasteiger partial charge on any atom is -0.489 e. The topological polar surface area (TPSA) is 119 Å². The first-order valence-electron chi connectivity index (χ1n) is 9.72.